The van der Waals surface area contributed by atoms with Crippen molar-refractivity contribution < 1.29 is 23.7 Å². The molecular formula is C20H26LiO5P. The van der Waals surface area contributed by atoms with Crippen LogP contribution in [0.3, 0.4) is 0 Å². The van der Waals surface area contributed by atoms with Gasteiger partial charge in [-0.15, -0.1) is 0 Å². The Morgan fingerprint density at radius 2 is 1.70 bits per heavy atom. The second-order valence-corrected chi connectivity index (χ2v) is 6.76. The summed E-state index contributed by atoms with van der Waals surface area (Å²) in [6, 6.07) is 11.1. The van der Waals surface area contributed by atoms with E-state index in [0.717, 1.165) is 16.6 Å². The zero-order chi connectivity index (χ0) is 18.9. The summed E-state index contributed by atoms with van der Waals surface area (Å²) in [4.78, 5) is 12.9. The van der Waals surface area contributed by atoms with Crippen molar-refractivity contribution in [1.82, 2.24) is 0 Å². The van der Waals surface area contributed by atoms with Crippen LogP contribution in [0.15, 0.2) is 36.4 Å². The maximum absolute atomic E-state index is 12.9. The fourth-order valence-corrected chi connectivity index (χ4v) is 3.54. The Bertz CT molecular complexity index is 729. The second kappa shape index (κ2) is 12.1. The molecule has 0 saturated heterocycles. The third-order valence-corrected chi connectivity index (χ3v) is 5.11. The van der Waals surface area contributed by atoms with E-state index in [2.05, 4.69) is 0 Å². The molecule has 0 heterocycles. The van der Waals surface area contributed by atoms with Crippen molar-refractivity contribution in [2.75, 3.05) is 34.0 Å². The molecule has 1 atom stereocenters. The number of rotatable bonds is 10. The van der Waals surface area contributed by atoms with Crippen LogP contribution in [0.25, 0.3) is 0 Å². The molecule has 0 N–H and O–H groups in total. The molecule has 0 aliphatic carbocycles. The molecule has 142 valence electrons. The fourth-order valence-electron chi connectivity index (χ4n) is 2.49. The molecule has 27 heavy (non-hydrogen) atoms. The van der Waals surface area contributed by atoms with Crippen molar-refractivity contribution in [3.8, 4) is 17.2 Å². The number of aryl methyl sites for hydroxylation is 1. The molecule has 0 amide bonds. The number of hydrogen-bond acceptors (Lipinski definition) is 5. The third-order valence-electron chi connectivity index (χ3n) is 3.80. The number of methoxy groups -OCH3 is 2. The molecule has 2 rings (SSSR count). The van der Waals surface area contributed by atoms with Crippen molar-refractivity contribution in [1.29, 1.82) is 0 Å². The van der Waals surface area contributed by atoms with Crippen LogP contribution < -0.4 is 19.5 Å². The van der Waals surface area contributed by atoms with Crippen molar-refractivity contribution >= 4 is 38.3 Å². The Morgan fingerprint density at radius 3 is 2.26 bits per heavy atom. The van der Waals surface area contributed by atoms with Crippen LogP contribution in [-0.4, -0.2) is 58.4 Å². The van der Waals surface area contributed by atoms with Crippen LogP contribution in [0.1, 0.15) is 22.8 Å². The first kappa shape index (κ1) is 23.5. The normalized spacial score (nSPS) is 10.5. The molecule has 1 unspecified atom stereocenters. The summed E-state index contributed by atoms with van der Waals surface area (Å²) in [5.74, 6) is 1.82. The first-order valence-corrected chi connectivity index (χ1v) is 9.44. The van der Waals surface area contributed by atoms with Crippen LogP contribution in [0.4, 0.5) is 0 Å². The SMILES string of the molecule is CCOCCOc1ccc(PC(=O)c2c(OC)cccc2OC)c(C)c1.[LiH]. The van der Waals surface area contributed by atoms with E-state index in [-0.39, 0.29) is 33.0 Å². The Balaban J connectivity index is 0.00000364. The fraction of sp³-hybridized carbons (Fsp3) is 0.350. The van der Waals surface area contributed by atoms with Gasteiger partial charge in [-0.1, -0.05) is 12.1 Å². The summed E-state index contributed by atoms with van der Waals surface area (Å²) in [7, 11) is 3.07. The van der Waals surface area contributed by atoms with Gasteiger partial charge in [0.2, 0.25) is 0 Å². The van der Waals surface area contributed by atoms with E-state index < -0.39 is 0 Å². The molecule has 0 fully saturated rings. The van der Waals surface area contributed by atoms with Gasteiger partial charge in [0.15, 0.2) is 5.52 Å². The topological polar surface area (TPSA) is 54.0 Å². The summed E-state index contributed by atoms with van der Waals surface area (Å²) >= 11 is 0. The third kappa shape index (κ3) is 6.55. The molecule has 0 aliphatic heterocycles. The van der Waals surface area contributed by atoms with Crippen LogP contribution in [-0.2, 0) is 4.74 Å². The standard InChI is InChI=1S/C20H25O5P.Li.H/c1-5-24-11-12-25-15-9-10-18(14(2)13-15)26-20(21)19-16(22-3)7-6-8-17(19)23-4;;/h6-10,13,26H,5,11-12H2,1-4H3;;. The quantitative estimate of drug-likeness (QED) is 0.358. The Morgan fingerprint density at radius 1 is 1.04 bits per heavy atom. The van der Waals surface area contributed by atoms with Crippen LogP contribution in [0, 0.1) is 6.92 Å². The number of carbonyl (C=O) groups excluding carboxylic acids is 1. The van der Waals surface area contributed by atoms with E-state index in [1.165, 1.54) is 0 Å². The minimum absolute atomic E-state index is 0. The molecule has 0 aromatic heterocycles. The summed E-state index contributed by atoms with van der Waals surface area (Å²) in [5, 5.41) is 0.972. The molecule has 5 nitrogen and oxygen atoms in total. The molecule has 0 aliphatic rings. The van der Waals surface area contributed by atoms with Crippen LogP contribution in [0.2, 0.25) is 0 Å². The zero-order valence-corrected chi connectivity index (χ0v) is 16.6. The monoisotopic (exact) mass is 384 g/mol. The summed E-state index contributed by atoms with van der Waals surface area (Å²) < 4.78 is 21.6. The molecule has 0 bridgehead atoms. The van der Waals surface area contributed by atoms with E-state index in [0.29, 0.717) is 36.9 Å². The average molecular weight is 384 g/mol. The molecule has 0 radical (unpaired) electrons. The van der Waals surface area contributed by atoms with Gasteiger partial charge in [-0.2, -0.15) is 0 Å². The van der Waals surface area contributed by atoms with Gasteiger partial charge in [-0.25, -0.2) is 0 Å². The second-order valence-electron chi connectivity index (χ2n) is 5.51. The van der Waals surface area contributed by atoms with Gasteiger partial charge >= 0.3 is 18.9 Å². The van der Waals surface area contributed by atoms with E-state index in [1.807, 2.05) is 32.0 Å². The van der Waals surface area contributed by atoms with Gasteiger partial charge in [-0.3, -0.25) is 4.79 Å². The summed E-state index contributed by atoms with van der Waals surface area (Å²) in [6.07, 6.45) is 0. The Hall–Kier alpha value is -1.50. The first-order chi connectivity index (χ1) is 12.6. The number of hydrogen-bond donors (Lipinski definition) is 0. The van der Waals surface area contributed by atoms with Gasteiger partial charge in [0.05, 0.1) is 20.8 Å². The summed E-state index contributed by atoms with van der Waals surface area (Å²) in [6.45, 7) is 5.67. The molecule has 0 saturated carbocycles. The van der Waals surface area contributed by atoms with Crippen LogP contribution in [0.5, 0.6) is 17.2 Å². The molecule has 2 aromatic rings. The van der Waals surface area contributed by atoms with E-state index in [9.17, 15) is 4.79 Å². The first-order valence-electron chi connectivity index (χ1n) is 8.44. The van der Waals surface area contributed by atoms with Gasteiger partial charge in [0.25, 0.3) is 0 Å². The predicted octanol–water partition coefficient (Wildman–Crippen LogP) is 2.92. The minimum atomic E-state index is -0.0271. The molecule has 2 aromatic carbocycles. The van der Waals surface area contributed by atoms with Crippen LogP contribution >= 0.6 is 8.58 Å². The van der Waals surface area contributed by atoms with Crippen molar-refractivity contribution in [3.05, 3.63) is 47.5 Å². The molecule has 7 heteroatoms. The summed E-state index contributed by atoms with van der Waals surface area (Å²) in [5.41, 5.74) is 1.47. The Kier molecular flexibility index (Phi) is 10.5. The average Bonchev–Trinajstić information content (AvgIpc) is 2.66. The van der Waals surface area contributed by atoms with Gasteiger partial charge in [0, 0.05) is 6.61 Å². The molecular weight excluding hydrogens is 358 g/mol. The van der Waals surface area contributed by atoms with Gasteiger partial charge < -0.3 is 18.9 Å². The number of carbonyl (C=O) groups is 1. The van der Waals surface area contributed by atoms with E-state index in [4.69, 9.17) is 18.9 Å². The van der Waals surface area contributed by atoms with Gasteiger partial charge in [0.1, 0.15) is 29.4 Å². The van der Waals surface area contributed by atoms with Gasteiger partial charge in [-0.05, 0) is 57.6 Å². The molecule has 0 spiro atoms. The van der Waals surface area contributed by atoms with Crippen molar-refractivity contribution in [3.63, 3.8) is 0 Å². The zero-order valence-electron chi connectivity index (χ0n) is 15.6. The van der Waals surface area contributed by atoms with Crippen molar-refractivity contribution in [2.45, 2.75) is 13.8 Å². The number of benzene rings is 2. The van der Waals surface area contributed by atoms with E-state index >= 15 is 0 Å². The van der Waals surface area contributed by atoms with E-state index in [1.54, 1.807) is 32.4 Å². The van der Waals surface area contributed by atoms with Crippen molar-refractivity contribution in [2.24, 2.45) is 0 Å². The Labute approximate surface area is 174 Å². The number of ether oxygens (including phenoxy) is 4. The predicted molar refractivity (Wildman–Crippen MR) is 112 cm³/mol. The maximum atomic E-state index is 12.9.